The summed E-state index contributed by atoms with van der Waals surface area (Å²) in [6, 6.07) is 1.62. The van der Waals surface area contributed by atoms with Crippen molar-refractivity contribution in [1.29, 1.82) is 0 Å². The van der Waals surface area contributed by atoms with Gasteiger partial charge in [0.25, 0.3) is 0 Å². The van der Waals surface area contributed by atoms with Crippen LogP contribution in [0.4, 0.5) is 4.79 Å². The van der Waals surface area contributed by atoms with Crippen molar-refractivity contribution in [3.63, 3.8) is 0 Å². The van der Waals surface area contributed by atoms with E-state index in [9.17, 15) is 4.79 Å². The maximum Gasteiger partial charge on any atom is 0.317 e. The average molecular weight is 268 g/mol. The van der Waals surface area contributed by atoms with Gasteiger partial charge in [0.1, 0.15) is 6.10 Å². The van der Waals surface area contributed by atoms with Crippen molar-refractivity contribution >= 4 is 6.03 Å². The molecule has 0 bridgehead atoms. The predicted molar refractivity (Wildman–Crippen MR) is 68.7 cm³/mol. The second kappa shape index (κ2) is 6.58. The zero-order valence-electron chi connectivity index (χ0n) is 11.3. The number of urea groups is 1. The fraction of sp³-hybridized carbons (Fsp3) is 0.615. The molecule has 6 heteroatoms. The maximum atomic E-state index is 12.0. The van der Waals surface area contributed by atoms with Gasteiger partial charge >= 0.3 is 6.03 Å². The lowest BCUT2D eigenvalue weighted by Gasteiger charge is -2.23. The number of carbonyl (C=O) groups is 1. The predicted octanol–water partition coefficient (Wildman–Crippen LogP) is 1.22. The minimum atomic E-state index is -0.138. The summed E-state index contributed by atoms with van der Waals surface area (Å²) in [5, 5.41) is 2.93. The van der Waals surface area contributed by atoms with E-state index in [1.807, 2.05) is 13.0 Å². The number of amides is 2. The number of hydrogen-bond acceptors (Lipinski definition) is 4. The minimum absolute atomic E-state index is 0.0590. The van der Waals surface area contributed by atoms with Gasteiger partial charge in [-0.25, -0.2) is 4.79 Å². The third-order valence-corrected chi connectivity index (χ3v) is 3.06. The lowest BCUT2D eigenvalue weighted by atomic mass is 10.2. The van der Waals surface area contributed by atoms with Crippen molar-refractivity contribution in [3.05, 3.63) is 24.2 Å². The topological polar surface area (TPSA) is 63.9 Å². The number of ether oxygens (including phenoxy) is 2. The minimum Gasteiger partial charge on any atom is -0.472 e. The molecule has 19 heavy (non-hydrogen) atoms. The van der Waals surface area contributed by atoms with Crippen LogP contribution in [0.25, 0.3) is 0 Å². The summed E-state index contributed by atoms with van der Waals surface area (Å²) >= 11 is 0. The molecule has 1 aromatic heterocycles. The van der Waals surface area contributed by atoms with Gasteiger partial charge in [-0.05, 0) is 13.0 Å². The molecule has 1 fully saturated rings. The van der Waals surface area contributed by atoms with Crippen molar-refractivity contribution in [2.24, 2.45) is 0 Å². The Morgan fingerprint density at radius 3 is 3.11 bits per heavy atom. The molecule has 0 aliphatic carbocycles. The van der Waals surface area contributed by atoms with Crippen LogP contribution < -0.4 is 5.32 Å². The van der Waals surface area contributed by atoms with Crippen LogP contribution in [-0.4, -0.2) is 49.9 Å². The maximum absolute atomic E-state index is 12.0. The zero-order valence-corrected chi connectivity index (χ0v) is 11.3. The molecule has 1 aliphatic rings. The molecular formula is C13H20N2O4. The summed E-state index contributed by atoms with van der Waals surface area (Å²) in [6.45, 7) is 4.09. The van der Waals surface area contributed by atoms with E-state index in [-0.39, 0.29) is 18.2 Å². The van der Waals surface area contributed by atoms with E-state index in [0.29, 0.717) is 26.4 Å². The molecule has 0 unspecified atom stereocenters. The number of furan rings is 1. The Balaban J connectivity index is 1.82. The highest BCUT2D eigenvalue weighted by atomic mass is 16.5. The first-order chi connectivity index (χ1) is 9.20. The molecule has 1 N–H and O–H groups in total. The third-order valence-electron chi connectivity index (χ3n) is 3.06. The summed E-state index contributed by atoms with van der Waals surface area (Å²) in [5.41, 5.74) is 0.960. The first-order valence-electron chi connectivity index (χ1n) is 6.42. The van der Waals surface area contributed by atoms with Crippen LogP contribution in [0, 0.1) is 0 Å². The summed E-state index contributed by atoms with van der Waals surface area (Å²) in [4.78, 5) is 13.7. The number of hydrogen-bond donors (Lipinski definition) is 1. The highest BCUT2D eigenvalue weighted by Gasteiger charge is 2.30. The Kier molecular flexibility index (Phi) is 4.81. The summed E-state index contributed by atoms with van der Waals surface area (Å²) < 4.78 is 15.8. The van der Waals surface area contributed by atoms with E-state index >= 15 is 0 Å². The van der Waals surface area contributed by atoms with E-state index < -0.39 is 0 Å². The molecule has 2 rings (SSSR count). The highest BCUT2D eigenvalue weighted by Crippen LogP contribution is 2.11. The van der Waals surface area contributed by atoms with Crippen LogP contribution in [0.1, 0.15) is 12.5 Å². The van der Waals surface area contributed by atoms with Gasteiger partial charge in [0.15, 0.2) is 0 Å². The average Bonchev–Trinajstić information content (AvgIpc) is 3.02. The standard InChI is InChI=1S/C13H20N2O4/c1-3-19-12-9-18-8-11(12)14-13(16)15(2)6-10-4-5-17-7-10/h4-5,7,11-12H,3,6,8-9H2,1-2H3,(H,14,16)/t11-,12-/m0/s1. The SMILES string of the molecule is CCO[C@H]1COC[C@@H]1NC(=O)N(C)Cc1ccoc1. The van der Waals surface area contributed by atoms with Crippen LogP contribution in [0.3, 0.4) is 0 Å². The van der Waals surface area contributed by atoms with Gasteiger partial charge in [-0.1, -0.05) is 0 Å². The fourth-order valence-electron chi connectivity index (χ4n) is 2.04. The van der Waals surface area contributed by atoms with Gasteiger partial charge < -0.3 is 24.1 Å². The van der Waals surface area contributed by atoms with Crippen molar-refractivity contribution in [2.45, 2.75) is 25.6 Å². The lowest BCUT2D eigenvalue weighted by Crippen LogP contribution is -2.48. The summed E-state index contributed by atoms with van der Waals surface area (Å²) in [5.74, 6) is 0. The van der Waals surface area contributed by atoms with Gasteiger partial charge in [0, 0.05) is 19.2 Å². The second-order valence-electron chi connectivity index (χ2n) is 4.57. The van der Waals surface area contributed by atoms with E-state index in [1.165, 1.54) is 0 Å². The Labute approximate surface area is 112 Å². The monoisotopic (exact) mass is 268 g/mol. The molecular weight excluding hydrogens is 248 g/mol. The van der Waals surface area contributed by atoms with Crippen molar-refractivity contribution < 1.29 is 18.7 Å². The lowest BCUT2D eigenvalue weighted by molar-refractivity contribution is 0.0419. The van der Waals surface area contributed by atoms with E-state index in [4.69, 9.17) is 13.9 Å². The summed E-state index contributed by atoms with van der Waals surface area (Å²) in [7, 11) is 1.74. The Bertz CT molecular complexity index is 393. The summed E-state index contributed by atoms with van der Waals surface area (Å²) in [6.07, 6.45) is 3.17. The van der Waals surface area contributed by atoms with Gasteiger partial charge in [-0.2, -0.15) is 0 Å². The Morgan fingerprint density at radius 1 is 1.58 bits per heavy atom. The molecule has 1 aromatic rings. The van der Waals surface area contributed by atoms with Gasteiger partial charge in [-0.15, -0.1) is 0 Å². The highest BCUT2D eigenvalue weighted by molar-refractivity contribution is 5.74. The smallest absolute Gasteiger partial charge is 0.317 e. The Hall–Kier alpha value is -1.53. The molecule has 0 saturated carbocycles. The van der Waals surface area contributed by atoms with Gasteiger partial charge in [0.05, 0.1) is 38.3 Å². The fourth-order valence-corrected chi connectivity index (χ4v) is 2.04. The van der Waals surface area contributed by atoms with Gasteiger partial charge in [-0.3, -0.25) is 0 Å². The third kappa shape index (κ3) is 3.71. The second-order valence-corrected chi connectivity index (χ2v) is 4.57. The van der Waals surface area contributed by atoms with Crippen LogP contribution in [0.15, 0.2) is 23.0 Å². The van der Waals surface area contributed by atoms with E-state index in [2.05, 4.69) is 5.32 Å². The number of nitrogens with one attached hydrogen (secondary N) is 1. The molecule has 0 radical (unpaired) electrons. The number of nitrogens with zero attached hydrogens (tertiary/aromatic N) is 1. The van der Waals surface area contributed by atoms with E-state index in [0.717, 1.165) is 5.56 Å². The van der Waals surface area contributed by atoms with Crippen molar-refractivity contribution in [3.8, 4) is 0 Å². The van der Waals surface area contributed by atoms with Crippen molar-refractivity contribution in [2.75, 3.05) is 26.9 Å². The largest absolute Gasteiger partial charge is 0.472 e. The Morgan fingerprint density at radius 2 is 2.42 bits per heavy atom. The molecule has 2 atom stereocenters. The van der Waals surface area contributed by atoms with E-state index in [1.54, 1.807) is 24.5 Å². The molecule has 106 valence electrons. The first kappa shape index (κ1) is 13.9. The van der Waals surface area contributed by atoms with Crippen LogP contribution in [-0.2, 0) is 16.0 Å². The molecule has 2 amide bonds. The molecule has 6 nitrogen and oxygen atoms in total. The normalized spacial score (nSPS) is 22.4. The van der Waals surface area contributed by atoms with Gasteiger partial charge in [0.2, 0.25) is 0 Å². The molecule has 1 saturated heterocycles. The quantitative estimate of drug-likeness (QED) is 0.872. The molecule has 0 aromatic carbocycles. The molecule has 1 aliphatic heterocycles. The first-order valence-corrected chi connectivity index (χ1v) is 6.42. The zero-order chi connectivity index (χ0) is 13.7. The number of rotatable bonds is 5. The van der Waals surface area contributed by atoms with Crippen LogP contribution in [0.5, 0.6) is 0 Å². The molecule has 2 heterocycles. The van der Waals surface area contributed by atoms with Crippen LogP contribution >= 0.6 is 0 Å². The van der Waals surface area contributed by atoms with Crippen molar-refractivity contribution in [1.82, 2.24) is 10.2 Å². The number of carbonyl (C=O) groups excluding carboxylic acids is 1. The van der Waals surface area contributed by atoms with Crippen LogP contribution in [0.2, 0.25) is 0 Å². The molecule has 0 spiro atoms.